The van der Waals surface area contributed by atoms with Gasteiger partial charge >= 0.3 is 11.9 Å². The smallest absolute Gasteiger partial charge is 0.327 e. The van der Waals surface area contributed by atoms with Crippen LogP contribution in [0.5, 0.6) is 0 Å². The van der Waals surface area contributed by atoms with E-state index >= 15 is 0 Å². The van der Waals surface area contributed by atoms with Crippen molar-refractivity contribution in [3.8, 4) is 0 Å². The van der Waals surface area contributed by atoms with Crippen LogP contribution in [0.4, 0.5) is 0 Å². The summed E-state index contributed by atoms with van der Waals surface area (Å²) in [5, 5.41) is 17.9. The van der Waals surface area contributed by atoms with Gasteiger partial charge in [0.1, 0.15) is 10.4 Å². The van der Waals surface area contributed by atoms with Crippen molar-refractivity contribution in [1.82, 2.24) is 9.88 Å². The SMILES string of the molecule is O=C(O)C[C@H](C(=O)O)N1C(=O)/C(=C/c2ccncc2)SC1=S. The standard InChI is InChI=1S/C13H10N2O5S2/c16-10(17)6-8(12(19)20)15-11(18)9(22-13(15)21)5-7-1-3-14-4-2-7/h1-5,8H,6H2,(H,16,17)(H,19,20)/b9-5-/t8-/m1/s1. The Balaban J connectivity index is 2.30. The fraction of sp³-hybridized carbons (Fsp3) is 0.154. The summed E-state index contributed by atoms with van der Waals surface area (Å²) in [5.74, 6) is -3.34. The summed E-state index contributed by atoms with van der Waals surface area (Å²) < 4.78 is 0.0268. The first kappa shape index (κ1) is 16.1. The summed E-state index contributed by atoms with van der Waals surface area (Å²) >= 11 is 5.96. The van der Waals surface area contributed by atoms with Crippen LogP contribution in [0.1, 0.15) is 12.0 Å². The molecule has 0 saturated carbocycles. The molecule has 1 amide bonds. The molecule has 0 bridgehead atoms. The van der Waals surface area contributed by atoms with Gasteiger partial charge in [-0.3, -0.25) is 19.5 Å². The molecule has 1 saturated heterocycles. The van der Waals surface area contributed by atoms with Crippen molar-refractivity contribution in [2.45, 2.75) is 12.5 Å². The first-order valence-corrected chi connectivity index (χ1v) is 7.24. The van der Waals surface area contributed by atoms with E-state index in [1.54, 1.807) is 30.6 Å². The van der Waals surface area contributed by atoms with E-state index in [1.165, 1.54) is 0 Å². The van der Waals surface area contributed by atoms with Gasteiger partial charge in [0, 0.05) is 12.4 Å². The molecule has 1 aromatic heterocycles. The van der Waals surface area contributed by atoms with E-state index in [-0.39, 0.29) is 9.23 Å². The summed E-state index contributed by atoms with van der Waals surface area (Å²) in [6.45, 7) is 0. The van der Waals surface area contributed by atoms with Crippen LogP contribution in [0.15, 0.2) is 29.4 Å². The number of thioether (sulfide) groups is 1. The van der Waals surface area contributed by atoms with Crippen molar-refractivity contribution in [2.24, 2.45) is 0 Å². The molecule has 0 radical (unpaired) electrons. The first-order chi connectivity index (χ1) is 10.4. The maximum absolute atomic E-state index is 12.3. The quantitative estimate of drug-likeness (QED) is 0.609. The predicted octanol–water partition coefficient (Wildman–Crippen LogP) is 1.21. The van der Waals surface area contributed by atoms with Gasteiger partial charge in [-0.25, -0.2) is 4.79 Å². The van der Waals surface area contributed by atoms with E-state index in [4.69, 9.17) is 22.4 Å². The van der Waals surface area contributed by atoms with Crippen LogP contribution in [0, 0.1) is 0 Å². The summed E-state index contributed by atoms with van der Waals surface area (Å²) in [6.07, 6.45) is 3.94. The zero-order chi connectivity index (χ0) is 16.3. The zero-order valence-electron chi connectivity index (χ0n) is 11.0. The fourth-order valence-electron chi connectivity index (χ4n) is 1.81. The minimum Gasteiger partial charge on any atom is -0.481 e. The molecule has 114 valence electrons. The molecule has 1 aliphatic rings. The number of nitrogens with zero attached hydrogens (tertiary/aromatic N) is 2. The van der Waals surface area contributed by atoms with Crippen LogP contribution < -0.4 is 0 Å². The summed E-state index contributed by atoms with van der Waals surface area (Å²) in [5.41, 5.74) is 0.709. The highest BCUT2D eigenvalue weighted by molar-refractivity contribution is 8.26. The van der Waals surface area contributed by atoms with Crippen molar-refractivity contribution < 1.29 is 24.6 Å². The molecule has 1 aliphatic heterocycles. The molecule has 0 unspecified atom stereocenters. The fourth-order valence-corrected chi connectivity index (χ4v) is 3.17. The van der Waals surface area contributed by atoms with Gasteiger partial charge in [0.05, 0.1) is 11.3 Å². The minimum absolute atomic E-state index is 0.0268. The summed E-state index contributed by atoms with van der Waals surface area (Å²) in [7, 11) is 0. The predicted molar refractivity (Wildman–Crippen MR) is 82.9 cm³/mol. The molecule has 2 heterocycles. The summed E-state index contributed by atoms with van der Waals surface area (Å²) in [4.78, 5) is 39.3. The normalized spacial score (nSPS) is 17.8. The third-order valence-corrected chi connectivity index (χ3v) is 4.12. The average Bonchev–Trinajstić information content (AvgIpc) is 2.72. The number of thiocarbonyl (C=S) groups is 1. The Morgan fingerprint density at radius 1 is 1.36 bits per heavy atom. The Kier molecular flexibility index (Phi) is 4.88. The minimum atomic E-state index is -1.52. The van der Waals surface area contributed by atoms with Crippen molar-refractivity contribution in [2.75, 3.05) is 0 Å². The Morgan fingerprint density at radius 3 is 2.55 bits per heavy atom. The van der Waals surface area contributed by atoms with Crippen LogP contribution in [-0.2, 0) is 14.4 Å². The van der Waals surface area contributed by atoms with E-state index < -0.39 is 30.3 Å². The van der Waals surface area contributed by atoms with E-state index in [0.717, 1.165) is 16.7 Å². The zero-order valence-corrected chi connectivity index (χ0v) is 12.6. The van der Waals surface area contributed by atoms with Crippen molar-refractivity contribution in [3.63, 3.8) is 0 Å². The highest BCUT2D eigenvalue weighted by Crippen LogP contribution is 2.34. The molecule has 2 N–H and O–H groups in total. The van der Waals surface area contributed by atoms with Crippen LogP contribution >= 0.6 is 24.0 Å². The van der Waals surface area contributed by atoms with Crippen molar-refractivity contribution in [3.05, 3.63) is 35.0 Å². The van der Waals surface area contributed by atoms with E-state index in [9.17, 15) is 14.4 Å². The van der Waals surface area contributed by atoms with Gasteiger partial charge in [0.2, 0.25) is 0 Å². The summed E-state index contributed by atoms with van der Waals surface area (Å²) in [6, 6.07) is 1.84. The Bertz CT molecular complexity index is 674. The number of aromatic nitrogens is 1. The largest absolute Gasteiger partial charge is 0.481 e. The maximum Gasteiger partial charge on any atom is 0.327 e. The molecule has 7 nitrogen and oxygen atoms in total. The third-order valence-electron chi connectivity index (χ3n) is 2.79. The van der Waals surface area contributed by atoms with Crippen molar-refractivity contribution in [1.29, 1.82) is 0 Å². The van der Waals surface area contributed by atoms with Gasteiger partial charge in [-0.15, -0.1) is 0 Å². The second-order valence-electron chi connectivity index (χ2n) is 4.28. The molecule has 2 rings (SSSR count). The number of aliphatic carboxylic acids is 2. The molecule has 1 aromatic rings. The third kappa shape index (κ3) is 3.49. The molecule has 0 spiro atoms. The van der Waals surface area contributed by atoms with E-state index in [1.807, 2.05) is 0 Å². The van der Waals surface area contributed by atoms with E-state index in [0.29, 0.717) is 5.56 Å². The first-order valence-electron chi connectivity index (χ1n) is 6.02. The van der Waals surface area contributed by atoms with Gasteiger partial charge < -0.3 is 10.2 Å². The molecule has 22 heavy (non-hydrogen) atoms. The number of amides is 1. The lowest BCUT2D eigenvalue weighted by Crippen LogP contribution is -2.45. The molecular weight excluding hydrogens is 328 g/mol. The number of carbonyl (C=O) groups is 3. The lowest BCUT2D eigenvalue weighted by atomic mass is 10.1. The lowest BCUT2D eigenvalue weighted by Gasteiger charge is -2.21. The molecule has 0 aromatic carbocycles. The molecule has 0 aliphatic carbocycles. The number of carboxylic acids is 2. The van der Waals surface area contributed by atoms with Gasteiger partial charge in [0.15, 0.2) is 0 Å². The maximum atomic E-state index is 12.3. The van der Waals surface area contributed by atoms with E-state index in [2.05, 4.69) is 4.98 Å². The van der Waals surface area contributed by atoms with Gasteiger partial charge in [-0.2, -0.15) is 0 Å². The van der Waals surface area contributed by atoms with Gasteiger partial charge in [-0.05, 0) is 23.8 Å². The van der Waals surface area contributed by atoms with Crippen LogP contribution in [0.3, 0.4) is 0 Å². The number of carbonyl (C=O) groups excluding carboxylic acids is 1. The Morgan fingerprint density at radius 2 is 2.00 bits per heavy atom. The molecule has 1 atom stereocenters. The average molecular weight is 338 g/mol. The number of pyridine rings is 1. The highest BCUT2D eigenvalue weighted by Gasteiger charge is 2.41. The lowest BCUT2D eigenvalue weighted by molar-refractivity contribution is -0.150. The number of carboxylic acid groups (broad SMARTS) is 2. The molecule has 1 fully saturated rings. The second kappa shape index (κ2) is 6.67. The van der Waals surface area contributed by atoms with Crippen LogP contribution in [-0.4, -0.2) is 48.3 Å². The molecular formula is C13H10N2O5S2. The number of hydrogen-bond acceptors (Lipinski definition) is 6. The Labute approximate surface area is 134 Å². The second-order valence-corrected chi connectivity index (χ2v) is 5.96. The molecule has 9 heteroatoms. The van der Waals surface area contributed by atoms with Crippen LogP contribution in [0.2, 0.25) is 0 Å². The van der Waals surface area contributed by atoms with Gasteiger partial charge in [0.25, 0.3) is 5.91 Å². The number of rotatable bonds is 5. The highest BCUT2D eigenvalue weighted by atomic mass is 32.2. The Hall–Kier alpha value is -2.26. The van der Waals surface area contributed by atoms with Crippen molar-refractivity contribution >= 4 is 52.2 Å². The van der Waals surface area contributed by atoms with Crippen LogP contribution in [0.25, 0.3) is 6.08 Å². The van der Waals surface area contributed by atoms with Gasteiger partial charge in [-0.1, -0.05) is 24.0 Å². The monoisotopic (exact) mass is 338 g/mol. The number of hydrogen-bond donors (Lipinski definition) is 2. The topological polar surface area (TPSA) is 108 Å².